The van der Waals surface area contributed by atoms with Crippen LogP contribution in [-0.2, 0) is 0 Å². The van der Waals surface area contributed by atoms with Gasteiger partial charge in [-0.2, -0.15) is 0 Å². The molecule has 0 atom stereocenters. The van der Waals surface area contributed by atoms with E-state index in [1.165, 1.54) is 0 Å². The average Bonchev–Trinajstić information content (AvgIpc) is 2.26. The van der Waals surface area contributed by atoms with Crippen LogP contribution in [0.25, 0.3) is 0 Å². The highest BCUT2D eigenvalue weighted by Gasteiger charge is 1.94. The van der Waals surface area contributed by atoms with Crippen LogP contribution in [0.15, 0.2) is 35.3 Å². The van der Waals surface area contributed by atoms with Crippen molar-refractivity contribution in [1.29, 1.82) is 0 Å². The lowest BCUT2D eigenvalue weighted by atomic mass is 10.3. The highest BCUT2D eigenvalue weighted by atomic mass is 32.2. The van der Waals surface area contributed by atoms with Gasteiger partial charge in [-0.05, 0) is 31.5 Å². The lowest BCUT2D eigenvalue weighted by Gasteiger charge is -2.00. The molecule has 1 aromatic rings. The molecule has 0 saturated heterocycles. The second-order valence-electron chi connectivity index (χ2n) is 3.13. The monoisotopic (exact) mass is 223 g/mol. The van der Waals surface area contributed by atoms with Crippen LogP contribution in [0.5, 0.6) is 0 Å². The summed E-state index contributed by atoms with van der Waals surface area (Å²) in [5.41, 5.74) is 12.1. The number of aliphatic imine (C=N–C) groups is 1. The molecular weight excluding hydrogens is 206 g/mol. The Bertz CT molecular complexity index is 298. The van der Waals surface area contributed by atoms with E-state index in [0.29, 0.717) is 5.17 Å². The first kappa shape index (κ1) is 12.1. The third-order valence-corrected chi connectivity index (χ3v) is 2.72. The fraction of sp³-hybridized carbons (Fsp3) is 0.364. The Labute approximate surface area is 95.0 Å². The van der Waals surface area contributed by atoms with E-state index >= 15 is 0 Å². The molecule has 0 aliphatic rings. The zero-order chi connectivity index (χ0) is 10.9. The minimum absolute atomic E-state index is 0.623. The van der Waals surface area contributed by atoms with E-state index in [1.54, 1.807) is 11.8 Å². The largest absolute Gasteiger partial charge is 0.378 e. The van der Waals surface area contributed by atoms with Crippen molar-refractivity contribution in [3.63, 3.8) is 0 Å². The van der Waals surface area contributed by atoms with Gasteiger partial charge in [-0.15, -0.1) is 0 Å². The van der Waals surface area contributed by atoms with E-state index in [1.807, 2.05) is 30.3 Å². The van der Waals surface area contributed by atoms with Gasteiger partial charge in [0.25, 0.3) is 0 Å². The van der Waals surface area contributed by atoms with Crippen LogP contribution in [0.2, 0.25) is 0 Å². The summed E-state index contributed by atoms with van der Waals surface area (Å²) >= 11 is 1.58. The van der Waals surface area contributed by atoms with E-state index < -0.39 is 0 Å². The summed E-state index contributed by atoms with van der Waals surface area (Å²) in [6.45, 7) is 0.746. The Morgan fingerprint density at radius 2 is 1.93 bits per heavy atom. The summed E-state index contributed by atoms with van der Waals surface area (Å²) in [5.74, 6) is 0.985. The second-order valence-corrected chi connectivity index (χ2v) is 4.25. The number of benzene rings is 1. The van der Waals surface area contributed by atoms with Gasteiger partial charge in [0, 0.05) is 5.75 Å². The van der Waals surface area contributed by atoms with Crippen LogP contribution in [-0.4, -0.2) is 17.5 Å². The minimum atomic E-state index is 0.623. The molecule has 0 radical (unpaired) electrons. The van der Waals surface area contributed by atoms with Crippen molar-refractivity contribution < 1.29 is 0 Å². The van der Waals surface area contributed by atoms with Gasteiger partial charge >= 0.3 is 0 Å². The molecule has 3 nitrogen and oxygen atoms in total. The maximum Gasteiger partial charge on any atom is 0.159 e. The van der Waals surface area contributed by atoms with Crippen molar-refractivity contribution in [2.45, 2.75) is 12.8 Å². The van der Waals surface area contributed by atoms with Crippen LogP contribution >= 0.6 is 11.8 Å². The molecule has 1 rings (SSSR count). The molecule has 0 aliphatic carbocycles. The highest BCUT2D eigenvalue weighted by molar-refractivity contribution is 8.13. The van der Waals surface area contributed by atoms with Crippen molar-refractivity contribution in [1.82, 2.24) is 0 Å². The van der Waals surface area contributed by atoms with Crippen molar-refractivity contribution in [2.75, 3.05) is 12.3 Å². The standard InChI is InChI=1S/C11H17N3S/c12-8-4-5-9-15-11(13)14-10-6-2-1-3-7-10/h1-3,6-7H,4-5,8-9,12H2,(H2,13,14). The molecule has 0 fully saturated rings. The Morgan fingerprint density at radius 1 is 1.20 bits per heavy atom. The molecule has 0 spiro atoms. The van der Waals surface area contributed by atoms with Crippen LogP contribution in [0.4, 0.5) is 5.69 Å². The van der Waals surface area contributed by atoms with E-state index in [0.717, 1.165) is 30.8 Å². The Hall–Kier alpha value is -1.00. The molecule has 0 heterocycles. The zero-order valence-electron chi connectivity index (χ0n) is 8.73. The number of hydrogen-bond acceptors (Lipinski definition) is 3. The van der Waals surface area contributed by atoms with Crippen molar-refractivity contribution in [3.8, 4) is 0 Å². The van der Waals surface area contributed by atoms with Crippen LogP contribution in [0.3, 0.4) is 0 Å². The van der Waals surface area contributed by atoms with Crippen molar-refractivity contribution >= 4 is 22.6 Å². The van der Waals surface area contributed by atoms with Gasteiger partial charge in [0.15, 0.2) is 5.17 Å². The smallest absolute Gasteiger partial charge is 0.159 e. The van der Waals surface area contributed by atoms with Gasteiger partial charge in [0.1, 0.15) is 0 Å². The number of para-hydroxylation sites is 1. The second kappa shape index (κ2) is 7.31. The summed E-state index contributed by atoms with van der Waals surface area (Å²) < 4.78 is 0. The summed E-state index contributed by atoms with van der Waals surface area (Å²) in [4.78, 5) is 4.28. The van der Waals surface area contributed by atoms with Gasteiger partial charge in [-0.1, -0.05) is 30.0 Å². The topological polar surface area (TPSA) is 64.4 Å². The van der Waals surface area contributed by atoms with Gasteiger partial charge in [0.05, 0.1) is 5.69 Å². The van der Waals surface area contributed by atoms with E-state index in [9.17, 15) is 0 Å². The Morgan fingerprint density at radius 3 is 2.60 bits per heavy atom. The molecular formula is C11H17N3S. The summed E-state index contributed by atoms with van der Waals surface area (Å²) in [7, 11) is 0. The number of thioether (sulfide) groups is 1. The minimum Gasteiger partial charge on any atom is -0.378 e. The molecule has 0 unspecified atom stereocenters. The SMILES string of the molecule is NCCCCSC(N)=Nc1ccccc1. The summed E-state index contributed by atoms with van der Waals surface area (Å²) in [6, 6.07) is 9.74. The molecule has 0 aromatic heterocycles. The van der Waals surface area contributed by atoms with Crippen LogP contribution in [0, 0.1) is 0 Å². The molecule has 0 bridgehead atoms. The number of amidine groups is 1. The normalized spacial score (nSPS) is 11.7. The molecule has 4 N–H and O–H groups in total. The first-order chi connectivity index (χ1) is 7.33. The van der Waals surface area contributed by atoms with Crippen molar-refractivity contribution in [3.05, 3.63) is 30.3 Å². The van der Waals surface area contributed by atoms with E-state index in [4.69, 9.17) is 11.5 Å². The summed E-state index contributed by atoms with van der Waals surface area (Å²) in [6.07, 6.45) is 2.14. The van der Waals surface area contributed by atoms with Gasteiger partial charge in [0.2, 0.25) is 0 Å². The Kier molecular flexibility index (Phi) is 5.88. The Balaban J connectivity index is 2.33. The molecule has 0 amide bonds. The van der Waals surface area contributed by atoms with Crippen LogP contribution < -0.4 is 11.5 Å². The first-order valence-corrected chi connectivity index (χ1v) is 6.03. The molecule has 4 heteroatoms. The van der Waals surface area contributed by atoms with Crippen LogP contribution in [0.1, 0.15) is 12.8 Å². The third kappa shape index (κ3) is 5.44. The number of unbranched alkanes of at least 4 members (excludes halogenated alkanes) is 1. The third-order valence-electron chi connectivity index (χ3n) is 1.84. The van der Waals surface area contributed by atoms with Gasteiger partial charge in [-0.3, -0.25) is 0 Å². The van der Waals surface area contributed by atoms with Crippen molar-refractivity contribution in [2.24, 2.45) is 16.5 Å². The molecule has 0 saturated carbocycles. The predicted octanol–water partition coefficient (Wildman–Crippen LogP) is 2.10. The zero-order valence-corrected chi connectivity index (χ0v) is 9.54. The maximum atomic E-state index is 5.77. The predicted molar refractivity (Wildman–Crippen MR) is 68.5 cm³/mol. The van der Waals surface area contributed by atoms with Gasteiger partial charge < -0.3 is 11.5 Å². The lowest BCUT2D eigenvalue weighted by molar-refractivity contribution is 0.815. The number of nitrogens with two attached hydrogens (primary N) is 2. The lowest BCUT2D eigenvalue weighted by Crippen LogP contribution is -2.07. The van der Waals surface area contributed by atoms with Gasteiger partial charge in [-0.25, -0.2) is 4.99 Å². The molecule has 1 aromatic carbocycles. The molecule has 0 aliphatic heterocycles. The fourth-order valence-electron chi connectivity index (χ4n) is 1.09. The summed E-state index contributed by atoms with van der Waals surface area (Å²) in [5, 5.41) is 0.623. The quantitative estimate of drug-likeness (QED) is 0.456. The maximum absolute atomic E-state index is 5.77. The van der Waals surface area contributed by atoms with E-state index in [2.05, 4.69) is 4.99 Å². The molecule has 82 valence electrons. The first-order valence-electron chi connectivity index (χ1n) is 5.05. The number of nitrogens with zero attached hydrogens (tertiary/aromatic N) is 1. The number of hydrogen-bond donors (Lipinski definition) is 2. The highest BCUT2D eigenvalue weighted by Crippen LogP contribution is 2.13. The molecule has 15 heavy (non-hydrogen) atoms. The average molecular weight is 223 g/mol. The fourth-order valence-corrected chi connectivity index (χ4v) is 1.81. The number of rotatable bonds is 5. The van der Waals surface area contributed by atoms with E-state index in [-0.39, 0.29) is 0 Å².